The van der Waals surface area contributed by atoms with Crippen LogP contribution in [0.25, 0.3) is 22.4 Å². The molecule has 4 rings (SSSR count). The Labute approximate surface area is 169 Å². The van der Waals surface area contributed by atoms with Gasteiger partial charge >= 0.3 is 0 Å². The lowest BCUT2D eigenvalue weighted by molar-refractivity contribution is 0.369. The molecular weight excluding hydrogens is 366 g/mol. The van der Waals surface area contributed by atoms with Gasteiger partial charge in [-0.25, -0.2) is 4.98 Å². The van der Waals surface area contributed by atoms with Gasteiger partial charge in [-0.3, -0.25) is 0 Å². The van der Waals surface area contributed by atoms with Crippen LogP contribution in [0, 0.1) is 6.92 Å². The Kier molecular flexibility index (Phi) is 4.99. The Morgan fingerprint density at radius 2 is 1.55 bits per heavy atom. The van der Waals surface area contributed by atoms with Crippen molar-refractivity contribution in [1.82, 2.24) is 14.1 Å². The summed E-state index contributed by atoms with van der Waals surface area (Å²) in [6, 6.07) is 14.6. The Balaban J connectivity index is 1.79. The minimum Gasteiger partial charge on any atom is -0.508 e. The third-order valence-corrected chi connectivity index (χ3v) is 5.05. The maximum atomic E-state index is 10.8. The Morgan fingerprint density at radius 3 is 2.21 bits per heavy atom. The summed E-state index contributed by atoms with van der Waals surface area (Å²) in [5.74, 6) is -0.169. The van der Waals surface area contributed by atoms with E-state index in [4.69, 9.17) is 0 Å². The molecule has 2 heterocycles. The first-order chi connectivity index (χ1) is 14.0. The van der Waals surface area contributed by atoms with Crippen LogP contribution in [0.5, 0.6) is 17.4 Å². The van der Waals surface area contributed by atoms with E-state index < -0.39 is 0 Å². The SMILES string of the molecule is Cc1ccc(-c2c(-c3ccc(O)cc3)c(O)c(O)n2CCCn2ccnc2)cc1. The first-order valence-corrected chi connectivity index (χ1v) is 9.51. The number of rotatable bonds is 6. The number of aromatic nitrogens is 3. The smallest absolute Gasteiger partial charge is 0.235 e. The van der Waals surface area contributed by atoms with Gasteiger partial charge in [-0.2, -0.15) is 0 Å². The molecule has 0 amide bonds. The summed E-state index contributed by atoms with van der Waals surface area (Å²) < 4.78 is 3.73. The lowest BCUT2D eigenvalue weighted by Crippen LogP contribution is -2.04. The molecule has 2 aromatic carbocycles. The van der Waals surface area contributed by atoms with Crippen LogP contribution in [-0.4, -0.2) is 29.4 Å². The molecule has 6 nitrogen and oxygen atoms in total. The molecule has 6 heteroatoms. The third-order valence-electron chi connectivity index (χ3n) is 5.05. The van der Waals surface area contributed by atoms with Crippen molar-refractivity contribution >= 4 is 0 Å². The zero-order chi connectivity index (χ0) is 20.4. The van der Waals surface area contributed by atoms with Crippen LogP contribution in [0.15, 0.2) is 67.3 Å². The van der Waals surface area contributed by atoms with Crippen LogP contribution in [0.2, 0.25) is 0 Å². The second-order valence-corrected chi connectivity index (χ2v) is 7.11. The van der Waals surface area contributed by atoms with E-state index in [1.165, 1.54) is 0 Å². The molecule has 0 saturated carbocycles. The van der Waals surface area contributed by atoms with Crippen molar-refractivity contribution in [3.8, 4) is 39.8 Å². The number of nitrogens with zero attached hydrogens (tertiary/aromatic N) is 3. The van der Waals surface area contributed by atoms with Gasteiger partial charge in [0.25, 0.3) is 0 Å². The van der Waals surface area contributed by atoms with E-state index >= 15 is 0 Å². The summed E-state index contributed by atoms with van der Waals surface area (Å²) in [6.07, 6.45) is 6.15. The molecule has 0 radical (unpaired) electrons. The second-order valence-electron chi connectivity index (χ2n) is 7.11. The highest BCUT2D eigenvalue weighted by Gasteiger charge is 2.24. The molecule has 2 aromatic heterocycles. The lowest BCUT2D eigenvalue weighted by Gasteiger charge is -2.13. The van der Waals surface area contributed by atoms with Gasteiger partial charge in [0.15, 0.2) is 5.75 Å². The van der Waals surface area contributed by atoms with Crippen molar-refractivity contribution in [2.24, 2.45) is 0 Å². The largest absolute Gasteiger partial charge is 0.508 e. The fraction of sp³-hybridized carbons (Fsp3) is 0.174. The number of hydrogen-bond acceptors (Lipinski definition) is 4. The average molecular weight is 389 g/mol. The number of aromatic hydroxyl groups is 3. The zero-order valence-corrected chi connectivity index (χ0v) is 16.2. The molecule has 3 N–H and O–H groups in total. The molecule has 0 unspecified atom stereocenters. The maximum Gasteiger partial charge on any atom is 0.235 e. The van der Waals surface area contributed by atoms with Gasteiger partial charge in [-0.1, -0.05) is 42.0 Å². The van der Waals surface area contributed by atoms with Crippen molar-refractivity contribution in [3.05, 3.63) is 72.8 Å². The summed E-state index contributed by atoms with van der Waals surface area (Å²) in [5.41, 5.74) is 4.05. The molecule has 0 aliphatic carbocycles. The van der Waals surface area contributed by atoms with E-state index in [1.54, 1.807) is 41.4 Å². The molecule has 0 saturated heterocycles. The summed E-state index contributed by atoms with van der Waals surface area (Å²) in [7, 11) is 0. The third kappa shape index (κ3) is 3.69. The highest BCUT2D eigenvalue weighted by atomic mass is 16.3. The van der Waals surface area contributed by atoms with Crippen LogP contribution in [0.1, 0.15) is 12.0 Å². The Hall–Kier alpha value is -3.67. The molecule has 0 aliphatic rings. The number of imidazole rings is 1. The van der Waals surface area contributed by atoms with E-state index in [9.17, 15) is 15.3 Å². The predicted molar refractivity (Wildman–Crippen MR) is 112 cm³/mol. The molecule has 148 valence electrons. The fourth-order valence-corrected chi connectivity index (χ4v) is 3.55. The first-order valence-electron chi connectivity index (χ1n) is 9.51. The minimum absolute atomic E-state index is 0.147. The van der Waals surface area contributed by atoms with Crippen LogP contribution < -0.4 is 0 Å². The number of phenols is 1. The van der Waals surface area contributed by atoms with Gasteiger partial charge in [0.05, 0.1) is 17.6 Å². The van der Waals surface area contributed by atoms with Crippen LogP contribution in [0.3, 0.4) is 0 Å². The van der Waals surface area contributed by atoms with Crippen LogP contribution in [0.4, 0.5) is 0 Å². The molecule has 0 bridgehead atoms. The summed E-state index contributed by atoms with van der Waals surface area (Å²) in [4.78, 5) is 4.05. The normalized spacial score (nSPS) is 11.1. The van der Waals surface area contributed by atoms with Gasteiger partial charge in [-0.15, -0.1) is 0 Å². The van der Waals surface area contributed by atoms with E-state index in [2.05, 4.69) is 4.98 Å². The fourth-order valence-electron chi connectivity index (χ4n) is 3.55. The van der Waals surface area contributed by atoms with E-state index in [0.29, 0.717) is 12.1 Å². The Bertz CT molecular complexity index is 1100. The number of benzene rings is 2. The highest BCUT2D eigenvalue weighted by Crippen LogP contribution is 2.47. The molecule has 29 heavy (non-hydrogen) atoms. The maximum absolute atomic E-state index is 10.8. The van der Waals surface area contributed by atoms with Crippen molar-refractivity contribution in [2.75, 3.05) is 0 Å². The monoisotopic (exact) mass is 389 g/mol. The van der Waals surface area contributed by atoms with Gasteiger partial charge in [0.2, 0.25) is 5.88 Å². The zero-order valence-electron chi connectivity index (χ0n) is 16.2. The molecule has 0 atom stereocenters. The minimum atomic E-state index is -0.158. The van der Waals surface area contributed by atoms with Gasteiger partial charge in [0, 0.05) is 25.5 Å². The molecule has 0 fully saturated rings. The standard InChI is InChI=1S/C23H23N3O3/c1-16-3-5-18(6-4-16)21-20(17-7-9-19(27)10-8-17)22(28)23(29)26(21)13-2-12-25-14-11-24-15-25/h3-11,14-15,27-29H,2,12-13H2,1H3. The number of hydrogen-bond donors (Lipinski definition) is 3. The quantitative estimate of drug-likeness (QED) is 0.452. The number of aryl methyl sites for hydroxylation is 2. The molecular formula is C23H23N3O3. The first kappa shape index (κ1) is 18.7. The van der Waals surface area contributed by atoms with Crippen molar-refractivity contribution in [3.63, 3.8) is 0 Å². The molecule has 0 aliphatic heterocycles. The summed E-state index contributed by atoms with van der Waals surface area (Å²) in [6.45, 7) is 3.29. The summed E-state index contributed by atoms with van der Waals surface area (Å²) in [5, 5.41) is 31.1. The Morgan fingerprint density at radius 1 is 0.862 bits per heavy atom. The van der Waals surface area contributed by atoms with Crippen molar-refractivity contribution < 1.29 is 15.3 Å². The van der Waals surface area contributed by atoms with E-state index in [0.717, 1.165) is 35.3 Å². The second kappa shape index (κ2) is 7.75. The average Bonchev–Trinajstić information content (AvgIpc) is 3.32. The van der Waals surface area contributed by atoms with Crippen molar-refractivity contribution in [2.45, 2.75) is 26.4 Å². The van der Waals surface area contributed by atoms with Crippen LogP contribution in [-0.2, 0) is 13.1 Å². The number of phenolic OH excluding ortho intramolecular Hbond substituents is 1. The molecule has 0 spiro atoms. The van der Waals surface area contributed by atoms with E-state index in [-0.39, 0.29) is 17.4 Å². The highest BCUT2D eigenvalue weighted by molar-refractivity contribution is 5.88. The van der Waals surface area contributed by atoms with Crippen molar-refractivity contribution in [1.29, 1.82) is 0 Å². The molecule has 4 aromatic rings. The lowest BCUT2D eigenvalue weighted by atomic mass is 10.00. The van der Waals surface area contributed by atoms with Gasteiger partial charge in [0.1, 0.15) is 5.75 Å². The van der Waals surface area contributed by atoms with Gasteiger partial charge < -0.3 is 24.5 Å². The van der Waals surface area contributed by atoms with E-state index in [1.807, 2.05) is 42.0 Å². The topological polar surface area (TPSA) is 83.4 Å². The summed E-state index contributed by atoms with van der Waals surface area (Å²) >= 11 is 0. The van der Waals surface area contributed by atoms with Gasteiger partial charge in [-0.05, 0) is 36.6 Å². The predicted octanol–water partition coefficient (Wildman–Crippen LogP) is 4.53. The van der Waals surface area contributed by atoms with Crippen LogP contribution >= 0.6 is 0 Å².